The summed E-state index contributed by atoms with van der Waals surface area (Å²) in [6, 6.07) is 0. The lowest BCUT2D eigenvalue weighted by Crippen LogP contribution is -2.32. The fourth-order valence-corrected chi connectivity index (χ4v) is 0.857. The normalized spacial score (nSPS) is 16.0. The molecule has 0 saturated heterocycles. The first-order valence-corrected chi connectivity index (χ1v) is 4.10. The zero-order chi connectivity index (χ0) is 9.68. The third kappa shape index (κ3) is 3.12. The maximum atomic E-state index is 5.60. The first-order valence-electron chi connectivity index (χ1n) is 3.70. The van der Waals surface area contributed by atoms with E-state index in [1.54, 1.807) is 0 Å². The van der Waals surface area contributed by atoms with E-state index in [-0.39, 0.29) is 5.11 Å². The van der Waals surface area contributed by atoms with Crippen LogP contribution in [0.25, 0.3) is 0 Å². The molecule has 6 heteroatoms. The maximum Gasteiger partial charge on any atom is 0.184 e. The third-order valence-corrected chi connectivity index (χ3v) is 1.46. The smallest absolute Gasteiger partial charge is 0.184 e. The molecule has 6 N–H and O–H groups in total. The Balaban J connectivity index is 2.60. The molecular weight excluding hydrogens is 186 g/mol. The molecule has 0 aromatic heterocycles. The Morgan fingerprint density at radius 1 is 1.62 bits per heavy atom. The van der Waals surface area contributed by atoms with E-state index in [1.165, 1.54) is 0 Å². The van der Waals surface area contributed by atoms with Crippen LogP contribution in [0, 0.1) is 0 Å². The Bertz CT molecular complexity index is 291. The summed E-state index contributed by atoms with van der Waals surface area (Å²) in [6.07, 6.45) is 5.69. The van der Waals surface area contributed by atoms with Gasteiger partial charge in [-0.1, -0.05) is 12.2 Å². The van der Waals surface area contributed by atoms with Crippen LogP contribution in [0.1, 0.15) is 0 Å². The van der Waals surface area contributed by atoms with Crippen LogP contribution < -0.4 is 22.2 Å². The van der Waals surface area contributed by atoms with Crippen molar-refractivity contribution in [2.45, 2.75) is 0 Å². The molecule has 5 nitrogen and oxygen atoms in total. The van der Waals surface area contributed by atoms with Gasteiger partial charge >= 0.3 is 0 Å². The van der Waals surface area contributed by atoms with E-state index in [1.807, 2.05) is 18.2 Å². The largest absolute Gasteiger partial charge is 0.381 e. The van der Waals surface area contributed by atoms with Gasteiger partial charge in [-0.15, -0.1) is 0 Å². The molecule has 0 aromatic rings. The Labute approximate surface area is 81.5 Å². The number of allylic oxidation sites excluding steroid dienone is 2. The Morgan fingerprint density at radius 3 is 2.92 bits per heavy atom. The van der Waals surface area contributed by atoms with Gasteiger partial charge in [0.1, 0.15) is 0 Å². The summed E-state index contributed by atoms with van der Waals surface area (Å²) in [7, 11) is 0. The Kier molecular flexibility index (Phi) is 3.27. The van der Waals surface area contributed by atoms with Gasteiger partial charge in [0.25, 0.3) is 0 Å². The van der Waals surface area contributed by atoms with Crippen LogP contribution in [0.15, 0.2) is 29.0 Å². The molecule has 0 spiro atoms. The van der Waals surface area contributed by atoms with Crippen molar-refractivity contribution in [1.82, 2.24) is 10.7 Å². The topological polar surface area (TPSA) is 88.5 Å². The number of hydrazone groups is 1. The molecular formula is C7H11N5S. The van der Waals surface area contributed by atoms with Gasteiger partial charge in [-0.2, -0.15) is 5.10 Å². The quantitative estimate of drug-likeness (QED) is 0.200. The van der Waals surface area contributed by atoms with Gasteiger partial charge in [0.2, 0.25) is 0 Å². The Morgan fingerprint density at radius 2 is 2.38 bits per heavy atom. The van der Waals surface area contributed by atoms with E-state index in [9.17, 15) is 0 Å². The SMILES string of the molecule is NC(=S)NN=C(N)C1=CC=CCN1. The lowest BCUT2D eigenvalue weighted by Gasteiger charge is -2.10. The fourth-order valence-electron chi connectivity index (χ4n) is 0.812. The summed E-state index contributed by atoms with van der Waals surface area (Å²) in [5.41, 5.74) is 13.9. The molecule has 0 atom stereocenters. The summed E-state index contributed by atoms with van der Waals surface area (Å²) in [4.78, 5) is 0. The first kappa shape index (κ1) is 9.53. The van der Waals surface area contributed by atoms with Gasteiger partial charge in [0.05, 0.1) is 5.70 Å². The second kappa shape index (κ2) is 4.46. The number of hydrogen-bond donors (Lipinski definition) is 4. The number of hydrogen-bond acceptors (Lipinski definition) is 3. The minimum absolute atomic E-state index is 0.0925. The lowest BCUT2D eigenvalue weighted by atomic mass is 10.3. The van der Waals surface area contributed by atoms with Crippen molar-refractivity contribution in [3.05, 3.63) is 23.9 Å². The third-order valence-electron chi connectivity index (χ3n) is 1.37. The van der Waals surface area contributed by atoms with Crippen molar-refractivity contribution in [2.24, 2.45) is 16.6 Å². The van der Waals surface area contributed by atoms with Crippen LogP contribution in [0.3, 0.4) is 0 Å². The summed E-state index contributed by atoms with van der Waals surface area (Å²) >= 11 is 4.57. The van der Waals surface area contributed by atoms with Crippen molar-refractivity contribution in [1.29, 1.82) is 0 Å². The standard InChI is InChI=1S/C7H11N5S/c8-6(11-12-7(9)13)5-3-1-2-4-10-5/h1-3,10H,4H2,(H2,8,11)(H3,9,12,13). The van der Waals surface area contributed by atoms with Gasteiger partial charge in [-0.25, -0.2) is 0 Å². The molecule has 0 aromatic carbocycles. The van der Waals surface area contributed by atoms with Crippen molar-refractivity contribution in [3.63, 3.8) is 0 Å². The van der Waals surface area contributed by atoms with E-state index < -0.39 is 0 Å². The molecule has 1 aliphatic heterocycles. The van der Waals surface area contributed by atoms with Gasteiger partial charge in [-0.3, -0.25) is 5.43 Å². The van der Waals surface area contributed by atoms with Gasteiger partial charge in [0.15, 0.2) is 10.9 Å². The predicted molar refractivity (Wildman–Crippen MR) is 56.8 cm³/mol. The van der Waals surface area contributed by atoms with E-state index in [0.29, 0.717) is 5.84 Å². The second-order valence-electron chi connectivity index (χ2n) is 2.36. The van der Waals surface area contributed by atoms with E-state index in [4.69, 9.17) is 11.5 Å². The molecule has 0 aliphatic carbocycles. The highest BCUT2D eigenvalue weighted by Gasteiger charge is 2.02. The average molecular weight is 197 g/mol. The highest BCUT2D eigenvalue weighted by molar-refractivity contribution is 7.80. The molecule has 1 rings (SSSR count). The Hall–Kier alpha value is -1.56. The fraction of sp³-hybridized carbons (Fsp3) is 0.143. The van der Waals surface area contributed by atoms with E-state index >= 15 is 0 Å². The summed E-state index contributed by atoms with van der Waals surface area (Å²) in [6.45, 7) is 0.745. The van der Waals surface area contributed by atoms with Gasteiger partial charge in [0, 0.05) is 6.54 Å². The molecule has 0 unspecified atom stereocenters. The van der Waals surface area contributed by atoms with Crippen LogP contribution in [0.2, 0.25) is 0 Å². The minimum atomic E-state index is 0.0925. The summed E-state index contributed by atoms with van der Waals surface area (Å²) in [5, 5.41) is 6.89. The molecule has 70 valence electrons. The number of nitrogens with one attached hydrogen (secondary N) is 2. The van der Waals surface area contributed by atoms with Crippen molar-refractivity contribution in [2.75, 3.05) is 6.54 Å². The van der Waals surface area contributed by atoms with Crippen LogP contribution in [-0.2, 0) is 0 Å². The number of nitrogens with two attached hydrogens (primary N) is 2. The van der Waals surface area contributed by atoms with E-state index in [2.05, 4.69) is 28.1 Å². The average Bonchev–Trinajstić information content (AvgIpc) is 2.15. The molecule has 0 saturated carbocycles. The lowest BCUT2D eigenvalue weighted by molar-refractivity contribution is 0.918. The molecule has 0 amide bonds. The zero-order valence-corrected chi connectivity index (χ0v) is 7.77. The molecule has 0 radical (unpaired) electrons. The number of dihydropyridines is 1. The van der Waals surface area contributed by atoms with Crippen LogP contribution in [-0.4, -0.2) is 17.5 Å². The zero-order valence-electron chi connectivity index (χ0n) is 6.95. The van der Waals surface area contributed by atoms with Crippen molar-refractivity contribution in [3.8, 4) is 0 Å². The monoisotopic (exact) mass is 197 g/mol. The summed E-state index contributed by atoms with van der Waals surface area (Å²) < 4.78 is 0. The van der Waals surface area contributed by atoms with Gasteiger partial charge in [-0.05, 0) is 18.3 Å². The predicted octanol–water partition coefficient (Wildman–Crippen LogP) is -0.865. The maximum absolute atomic E-state index is 5.60. The first-order chi connectivity index (χ1) is 6.20. The number of thiocarbonyl (C=S) groups is 1. The number of nitrogens with zero attached hydrogens (tertiary/aromatic N) is 1. The van der Waals surface area contributed by atoms with Crippen molar-refractivity contribution >= 4 is 23.2 Å². The van der Waals surface area contributed by atoms with Gasteiger partial charge < -0.3 is 16.8 Å². The summed E-state index contributed by atoms with van der Waals surface area (Å²) in [5.74, 6) is 0.331. The van der Waals surface area contributed by atoms with E-state index in [0.717, 1.165) is 12.2 Å². The molecule has 1 aliphatic rings. The molecule has 0 fully saturated rings. The number of amidine groups is 1. The van der Waals surface area contributed by atoms with Crippen LogP contribution >= 0.6 is 12.2 Å². The second-order valence-corrected chi connectivity index (χ2v) is 2.80. The number of rotatable bonds is 2. The molecule has 1 heterocycles. The molecule has 13 heavy (non-hydrogen) atoms. The van der Waals surface area contributed by atoms with Crippen LogP contribution in [0.5, 0.6) is 0 Å². The molecule has 0 bridgehead atoms. The van der Waals surface area contributed by atoms with Crippen molar-refractivity contribution < 1.29 is 0 Å². The van der Waals surface area contributed by atoms with Crippen LogP contribution in [0.4, 0.5) is 0 Å². The highest BCUT2D eigenvalue weighted by Crippen LogP contribution is 1.95. The highest BCUT2D eigenvalue weighted by atomic mass is 32.1. The minimum Gasteiger partial charge on any atom is -0.381 e.